The van der Waals surface area contributed by atoms with Crippen molar-refractivity contribution in [2.75, 3.05) is 31.2 Å². The molecule has 0 radical (unpaired) electrons. The van der Waals surface area contributed by atoms with Gasteiger partial charge in [0, 0.05) is 12.6 Å². The van der Waals surface area contributed by atoms with Crippen molar-refractivity contribution in [3.8, 4) is 0 Å². The van der Waals surface area contributed by atoms with Crippen LogP contribution in [0.1, 0.15) is 17.3 Å². The van der Waals surface area contributed by atoms with Crippen LogP contribution in [0.2, 0.25) is 0 Å². The monoisotopic (exact) mass is 251 g/mol. The van der Waals surface area contributed by atoms with E-state index >= 15 is 0 Å². The van der Waals surface area contributed by atoms with Crippen molar-refractivity contribution in [3.05, 3.63) is 23.8 Å². The van der Waals surface area contributed by atoms with Crippen molar-refractivity contribution >= 4 is 23.3 Å². The number of rotatable bonds is 5. The third kappa shape index (κ3) is 3.65. The van der Waals surface area contributed by atoms with Gasteiger partial charge in [-0.15, -0.1) is 0 Å². The highest BCUT2D eigenvalue weighted by molar-refractivity contribution is 5.96. The van der Waals surface area contributed by atoms with Crippen molar-refractivity contribution in [1.29, 1.82) is 0 Å². The average Bonchev–Trinajstić information content (AvgIpc) is 2.36. The molecule has 98 valence electrons. The number of esters is 1. The Bertz CT molecular complexity index is 446. The Kier molecular flexibility index (Phi) is 4.98. The molecule has 0 saturated heterocycles. The van der Waals surface area contributed by atoms with E-state index in [-0.39, 0.29) is 18.4 Å². The second kappa shape index (κ2) is 6.48. The van der Waals surface area contributed by atoms with Crippen LogP contribution in [0.25, 0.3) is 0 Å². The van der Waals surface area contributed by atoms with Crippen LogP contribution in [0.3, 0.4) is 0 Å². The summed E-state index contributed by atoms with van der Waals surface area (Å²) in [4.78, 5) is 22.5. The fourth-order valence-electron chi connectivity index (χ4n) is 1.39. The zero-order valence-corrected chi connectivity index (χ0v) is 10.4. The highest BCUT2D eigenvalue weighted by Gasteiger charge is 2.07. The largest absolute Gasteiger partial charge is 0.465 e. The quantitative estimate of drug-likeness (QED) is 0.526. The van der Waals surface area contributed by atoms with Gasteiger partial charge in [0.25, 0.3) is 5.91 Å². The van der Waals surface area contributed by atoms with Crippen molar-refractivity contribution < 1.29 is 14.3 Å². The van der Waals surface area contributed by atoms with E-state index in [1.54, 1.807) is 32.2 Å². The normalized spacial score (nSPS) is 9.67. The number of carbonyl (C=O) groups excluding carboxylic acids is 2. The Hall–Kier alpha value is -2.24. The molecule has 0 fully saturated rings. The van der Waals surface area contributed by atoms with Gasteiger partial charge in [-0.05, 0) is 25.1 Å². The lowest BCUT2D eigenvalue weighted by atomic mass is 10.1. The molecule has 18 heavy (non-hydrogen) atoms. The summed E-state index contributed by atoms with van der Waals surface area (Å²) >= 11 is 0. The Labute approximate surface area is 105 Å². The summed E-state index contributed by atoms with van der Waals surface area (Å²) in [6, 6.07) is 4.83. The molecule has 1 rings (SSSR count). The molecule has 4 N–H and O–H groups in total. The molecule has 1 aromatic carbocycles. The molecule has 0 heterocycles. The fourth-order valence-corrected chi connectivity index (χ4v) is 1.39. The van der Waals surface area contributed by atoms with Crippen molar-refractivity contribution in [2.24, 2.45) is 0 Å². The lowest BCUT2D eigenvalue weighted by molar-refractivity contribution is -0.140. The van der Waals surface area contributed by atoms with Crippen LogP contribution in [0, 0.1) is 0 Å². The SMILES string of the molecule is CCOC(=O)CNc1ccc(C(=O)NC)cc1N. The summed E-state index contributed by atoms with van der Waals surface area (Å²) in [6.45, 7) is 2.12. The standard InChI is InChI=1S/C12H17N3O3/c1-3-18-11(16)7-15-10-5-4-8(6-9(10)13)12(17)14-2/h4-6,15H,3,7,13H2,1-2H3,(H,14,17). The number of hydrogen-bond acceptors (Lipinski definition) is 5. The molecule has 0 unspecified atom stereocenters. The first-order valence-electron chi connectivity index (χ1n) is 5.59. The summed E-state index contributed by atoms with van der Waals surface area (Å²) in [7, 11) is 1.55. The second-order valence-corrected chi connectivity index (χ2v) is 3.54. The first-order valence-corrected chi connectivity index (χ1v) is 5.59. The summed E-state index contributed by atoms with van der Waals surface area (Å²) < 4.78 is 4.78. The molecule has 0 aromatic heterocycles. The summed E-state index contributed by atoms with van der Waals surface area (Å²) in [6.07, 6.45) is 0. The number of nitrogens with two attached hydrogens (primary N) is 1. The van der Waals surface area contributed by atoms with Crippen LogP contribution in [-0.2, 0) is 9.53 Å². The van der Waals surface area contributed by atoms with E-state index < -0.39 is 0 Å². The lowest BCUT2D eigenvalue weighted by Crippen LogP contribution is -2.19. The van der Waals surface area contributed by atoms with E-state index in [2.05, 4.69) is 10.6 Å². The van der Waals surface area contributed by atoms with Crippen LogP contribution in [-0.4, -0.2) is 32.1 Å². The first kappa shape index (κ1) is 13.8. The number of carbonyl (C=O) groups is 2. The molecule has 0 spiro atoms. The number of ether oxygens (including phenoxy) is 1. The van der Waals surface area contributed by atoms with Crippen LogP contribution >= 0.6 is 0 Å². The minimum atomic E-state index is -0.354. The van der Waals surface area contributed by atoms with Crippen molar-refractivity contribution in [1.82, 2.24) is 5.32 Å². The van der Waals surface area contributed by atoms with E-state index in [1.807, 2.05) is 0 Å². The molecule has 0 aliphatic rings. The molecule has 0 aliphatic carbocycles. The number of nitrogens with one attached hydrogen (secondary N) is 2. The number of hydrogen-bond donors (Lipinski definition) is 3. The Balaban J connectivity index is 2.68. The van der Waals surface area contributed by atoms with Crippen LogP contribution in [0.15, 0.2) is 18.2 Å². The van der Waals surface area contributed by atoms with Gasteiger partial charge in [0.2, 0.25) is 0 Å². The van der Waals surface area contributed by atoms with E-state index in [0.29, 0.717) is 23.5 Å². The molecule has 6 heteroatoms. The highest BCUT2D eigenvalue weighted by atomic mass is 16.5. The maximum atomic E-state index is 11.4. The number of anilines is 2. The van der Waals surface area contributed by atoms with E-state index in [0.717, 1.165) is 0 Å². The predicted octanol–water partition coefficient (Wildman–Crippen LogP) is 0.603. The summed E-state index contributed by atoms with van der Waals surface area (Å²) in [5.74, 6) is -0.564. The molecular weight excluding hydrogens is 234 g/mol. The van der Waals surface area contributed by atoms with Gasteiger partial charge in [-0.25, -0.2) is 0 Å². The Morgan fingerprint density at radius 1 is 1.39 bits per heavy atom. The van der Waals surface area contributed by atoms with Gasteiger partial charge in [0.1, 0.15) is 6.54 Å². The van der Waals surface area contributed by atoms with Gasteiger partial charge in [-0.2, -0.15) is 0 Å². The molecule has 0 saturated carbocycles. The third-order valence-electron chi connectivity index (χ3n) is 2.27. The molecule has 1 aromatic rings. The smallest absolute Gasteiger partial charge is 0.325 e. The maximum absolute atomic E-state index is 11.4. The van der Waals surface area contributed by atoms with E-state index in [1.165, 1.54) is 0 Å². The van der Waals surface area contributed by atoms with E-state index in [4.69, 9.17) is 10.5 Å². The molecular formula is C12H17N3O3. The van der Waals surface area contributed by atoms with Crippen molar-refractivity contribution in [2.45, 2.75) is 6.92 Å². The molecule has 0 bridgehead atoms. The predicted molar refractivity (Wildman–Crippen MR) is 69.4 cm³/mol. The fraction of sp³-hybridized carbons (Fsp3) is 0.333. The van der Waals surface area contributed by atoms with Gasteiger partial charge < -0.3 is 21.1 Å². The van der Waals surface area contributed by atoms with Crippen LogP contribution < -0.4 is 16.4 Å². The molecule has 0 atom stereocenters. The maximum Gasteiger partial charge on any atom is 0.325 e. The minimum absolute atomic E-state index is 0.0390. The van der Waals surface area contributed by atoms with E-state index in [9.17, 15) is 9.59 Å². The van der Waals surface area contributed by atoms with Gasteiger partial charge in [-0.3, -0.25) is 9.59 Å². The van der Waals surface area contributed by atoms with Gasteiger partial charge in [-0.1, -0.05) is 0 Å². The summed E-state index contributed by atoms with van der Waals surface area (Å²) in [5, 5.41) is 5.36. The topological polar surface area (TPSA) is 93.4 Å². The number of benzene rings is 1. The zero-order valence-electron chi connectivity index (χ0n) is 10.4. The average molecular weight is 251 g/mol. The number of amides is 1. The van der Waals surface area contributed by atoms with Crippen LogP contribution in [0.5, 0.6) is 0 Å². The van der Waals surface area contributed by atoms with Crippen molar-refractivity contribution in [3.63, 3.8) is 0 Å². The molecule has 6 nitrogen and oxygen atoms in total. The Morgan fingerprint density at radius 3 is 2.67 bits per heavy atom. The zero-order chi connectivity index (χ0) is 13.5. The number of nitrogen functional groups attached to an aromatic ring is 1. The summed E-state index contributed by atoms with van der Waals surface area (Å²) in [5.41, 5.74) is 7.24. The second-order valence-electron chi connectivity index (χ2n) is 3.54. The van der Waals surface area contributed by atoms with Gasteiger partial charge in [0.05, 0.1) is 18.0 Å². The molecule has 0 aliphatic heterocycles. The van der Waals surface area contributed by atoms with Crippen LogP contribution in [0.4, 0.5) is 11.4 Å². The molecule has 1 amide bonds. The highest BCUT2D eigenvalue weighted by Crippen LogP contribution is 2.19. The first-order chi connectivity index (χ1) is 8.58. The third-order valence-corrected chi connectivity index (χ3v) is 2.27. The Morgan fingerprint density at radius 2 is 2.11 bits per heavy atom. The van der Waals surface area contributed by atoms with Gasteiger partial charge in [0.15, 0.2) is 0 Å². The minimum Gasteiger partial charge on any atom is -0.465 e. The lowest BCUT2D eigenvalue weighted by Gasteiger charge is -2.10. The van der Waals surface area contributed by atoms with Gasteiger partial charge >= 0.3 is 5.97 Å².